The third-order valence-corrected chi connectivity index (χ3v) is 3.53. The molecule has 2 fully saturated rings. The Balaban J connectivity index is 2.12. The van der Waals surface area contributed by atoms with Crippen LogP contribution in [0, 0.1) is 28.1 Å². The molecule has 2 aliphatic rings. The first kappa shape index (κ1) is 9.02. The zero-order chi connectivity index (χ0) is 9.53. The van der Waals surface area contributed by atoms with Gasteiger partial charge in [-0.1, -0.05) is 13.8 Å². The first-order chi connectivity index (χ1) is 6.14. The summed E-state index contributed by atoms with van der Waals surface area (Å²) in [5.41, 5.74) is 0.214. The maximum atomic E-state index is 9.16. The van der Waals surface area contributed by atoms with E-state index < -0.39 is 0 Å². The van der Waals surface area contributed by atoms with Crippen LogP contribution in [-0.2, 0) is 4.74 Å². The Kier molecular flexibility index (Phi) is 1.89. The van der Waals surface area contributed by atoms with Crippen molar-refractivity contribution in [1.82, 2.24) is 0 Å². The lowest BCUT2D eigenvalue weighted by molar-refractivity contribution is -0.152. The highest BCUT2D eigenvalue weighted by molar-refractivity contribution is 5.21. The fourth-order valence-corrected chi connectivity index (χ4v) is 2.61. The molecule has 0 aromatic carbocycles. The topological polar surface area (TPSA) is 33.0 Å². The quantitative estimate of drug-likeness (QED) is 0.666. The second kappa shape index (κ2) is 2.72. The Hall–Kier alpha value is -0.550. The predicted molar refractivity (Wildman–Crippen MR) is 50.0 cm³/mol. The van der Waals surface area contributed by atoms with Gasteiger partial charge >= 0.3 is 0 Å². The van der Waals surface area contributed by atoms with Gasteiger partial charge in [-0.15, -0.1) is 0 Å². The molecule has 1 saturated heterocycles. The van der Waals surface area contributed by atoms with E-state index in [1.165, 1.54) is 0 Å². The summed E-state index contributed by atoms with van der Waals surface area (Å²) in [4.78, 5) is 0. The summed E-state index contributed by atoms with van der Waals surface area (Å²) in [7, 11) is 0. The predicted octanol–water partition coefficient (Wildman–Crippen LogP) is 2.35. The van der Waals surface area contributed by atoms with Crippen molar-refractivity contribution in [2.24, 2.45) is 16.7 Å². The van der Waals surface area contributed by atoms with Crippen LogP contribution in [0.15, 0.2) is 0 Å². The molecule has 0 spiro atoms. The van der Waals surface area contributed by atoms with Crippen LogP contribution in [0.4, 0.5) is 0 Å². The molecule has 0 unspecified atom stereocenters. The van der Waals surface area contributed by atoms with Gasteiger partial charge in [0.1, 0.15) is 0 Å². The molecule has 0 atom stereocenters. The minimum atomic E-state index is -0.00444. The van der Waals surface area contributed by atoms with Crippen LogP contribution in [0.3, 0.4) is 0 Å². The fraction of sp³-hybridized carbons (Fsp3) is 0.909. The number of hydrogen-bond acceptors (Lipinski definition) is 2. The third kappa shape index (κ3) is 1.18. The molecule has 1 saturated carbocycles. The van der Waals surface area contributed by atoms with Crippen molar-refractivity contribution >= 4 is 0 Å². The van der Waals surface area contributed by atoms with Crippen LogP contribution in [0.5, 0.6) is 0 Å². The highest BCUT2D eigenvalue weighted by Crippen LogP contribution is 2.63. The van der Waals surface area contributed by atoms with Crippen molar-refractivity contribution in [3.8, 4) is 6.07 Å². The first-order valence-electron chi connectivity index (χ1n) is 5.13. The second-order valence-corrected chi connectivity index (χ2v) is 5.07. The smallest absolute Gasteiger partial charge is 0.0697 e. The highest BCUT2D eigenvalue weighted by atomic mass is 16.5. The Labute approximate surface area is 79.9 Å². The number of nitriles is 1. The summed E-state index contributed by atoms with van der Waals surface area (Å²) in [6, 6.07) is 2.52. The average Bonchev–Trinajstić information content (AvgIpc) is 2.77. The van der Waals surface area contributed by atoms with Crippen molar-refractivity contribution in [1.29, 1.82) is 5.26 Å². The van der Waals surface area contributed by atoms with Crippen LogP contribution in [0.1, 0.15) is 33.1 Å². The maximum Gasteiger partial charge on any atom is 0.0697 e. The number of nitrogens with zero attached hydrogens (tertiary/aromatic N) is 1. The minimum Gasteiger partial charge on any atom is -0.380 e. The van der Waals surface area contributed by atoms with Gasteiger partial charge in [-0.05, 0) is 25.2 Å². The van der Waals surface area contributed by atoms with E-state index in [0.29, 0.717) is 5.92 Å². The summed E-state index contributed by atoms with van der Waals surface area (Å²) < 4.78 is 5.32. The average molecular weight is 179 g/mol. The standard InChI is InChI=1S/C11H17NO/c1-9(2)5-11(7-13-8-11)10(6-12)3-4-10/h9H,3-5,7-8H2,1-2H3. The zero-order valence-corrected chi connectivity index (χ0v) is 8.47. The molecule has 0 aromatic heterocycles. The second-order valence-electron chi connectivity index (χ2n) is 5.07. The van der Waals surface area contributed by atoms with Gasteiger partial charge in [0, 0.05) is 5.41 Å². The molecule has 0 N–H and O–H groups in total. The summed E-state index contributed by atoms with van der Waals surface area (Å²) in [5, 5.41) is 9.16. The molecule has 1 heterocycles. The molecule has 1 aliphatic carbocycles. The van der Waals surface area contributed by atoms with Crippen LogP contribution < -0.4 is 0 Å². The van der Waals surface area contributed by atoms with E-state index >= 15 is 0 Å². The van der Waals surface area contributed by atoms with Gasteiger partial charge in [-0.3, -0.25) is 0 Å². The number of hydrogen-bond donors (Lipinski definition) is 0. The molecule has 2 heteroatoms. The van der Waals surface area contributed by atoms with E-state index in [1.807, 2.05) is 0 Å². The molecule has 2 rings (SSSR count). The number of ether oxygens (including phenoxy) is 1. The minimum absolute atomic E-state index is 0.00444. The number of rotatable bonds is 3. The van der Waals surface area contributed by atoms with Gasteiger partial charge in [-0.25, -0.2) is 0 Å². The molecule has 72 valence electrons. The molecule has 0 aromatic rings. The van der Waals surface area contributed by atoms with E-state index in [9.17, 15) is 0 Å². The lowest BCUT2D eigenvalue weighted by Gasteiger charge is -2.46. The van der Waals surface area contributed by atoms with Crippen molar-refractivity contribution < 1.29 is 4.74 Å². The van der Waals surface area contributed by atoms with Gasteiger partial charge in [0.15, 0.2) is 0 Å². The largest absolute Gasteiger partial charge is 0.380 e. The van der Waals surface area contributed by atoms with Crippen LogP contribution in [0.2, 0.25) is 0 Å². The molecular weight excluding hydrogens is 162 g/mol. The lowest BCUT2D eigenvalue weighted by Crippen LogP contribution is -2.50. The molecule has 13 heavy (non-hydrogen) atoms. The van der Waals surface area contributed by atoms with Crippen LogP contribution >= 0.6 is 0 Å². The van der Waals surface area contributed by atoms with E-state index in [4.69, 9.17) is 10.00 Å². The zero-order valence-electron chi connectivity index (χ0n) is 8.47. The first-order valence-corrected chi connectivity index (χ1v) is 5.13. The summed E-state index contributed by atoms with van der Waals surface area (Å²) in [5.74, 6) is 0.676. The Morgan fingerprint density at radius 2 is 2.00 bits per heavy atom. The normalized spacial score (nSPS) is 27.8. The fourth-order valence-electron chi connectivity index (χ4n) is 2.61. The van der Waals surface area contributed by atoms with Crippen molar-refractivity contribution in [3.05, 3.63) is 0 Å². The van der Waals surface area contributed by atoms with E-state index in [-0.39, 0.29) is 10.8 Å². The molecule has 0 radical (unpaired) electrons. The van der Waals surface area contributed by atoms with Crippen molar-refractivity contribution in [3.63, 3.8) is 0 Å². The van der Waals surface area contributed by atoms with Gasteiger partial charge in [0.25, 0.3) is 0 Å². The monoisotopic (exact) mass is 179 g/mol. The SMILES string of the molecule is CC(C)CC1(C2(C#N)CC2)COC1. The molecule has 2 nitrogen and oxygen atoms in total. The van der Waals surface area contributed by atoms with Gasteiger partial charge in [0.2, 0.25) is 0 Å². The third-order valence-electron chi connectivity index (χ3n) is 3.53. The molecule has 0 amide bonds. The summed E-state index contributed by atoms with van der Waals surface area (Å²) >= 11 is 0. The molecule has 0 bridgehead atoms. The van der Waals surface area contributed by atoms with Crippen LogP contribution in [0.25, 0.3) is 0 Å². The molecule has 1 aliphatic heterocycles. The Morgan fingerprint density at radius 1 is 1.38 bits per heavy atom. The lowest BCUT2D eigenvalue weighted by atomic mass is 9.67. The summed E-state index contributed by atoms with van der Waals surface area (Å²) in [6.07, 6.45) is 3.35. The Morgan fingerprint density at radius 3 is 2.23 bits per heavy atom. The maximum absolute atomic E-state index is 9.16. The Bertz CT molecular complexity index is 243. The van der Waals surface area contributed by atoms with E-state index in [0.717, 1.165) is 32.5 Å². The summed E-state index contributed by atoms with van der Waals surface area (Å²) in [6.45, 7) is 6.10. The van der Waals surface area contributed by atoms with Crippen LogP contribution in [-0.4, -0.2) is 13.2 Å². The van der Waals surface area contributed by atoms with Gasteiger partial charge in [0.05, 0.1) is 24.7 Å². The van der Waals surface area contributed by atoms with Crippen molar-refractivity contribution in [2.75, 3.05) is 13.2 Å². The highest BCUT2D eigenvalue weighted by Gasteiger charge is 2.63. The molecular formula is C11H17NO. The van der Waals surface area contributed by atoms with Gasteiger partial charge < -0.3 is 4.74 Å². The van der Waals surface area contributed by atoms with Gasteiger partial charge in [-0.2, -0.15) is 5.26 Å². The van der Waals surface area contributed by atoms with E-state index in [1.54, 1.807) is 0 Å². The van der Waals surface area contributed by atoms with E-state index in [2.05, 4.69) is 19.9 Å². The van der Waals surface area contributed by atoms with Crippen molar-refractivity contribution in [2.45, 2.75) is 33.1 Å².